The molecule has 1 aliphatic rings. The molecule has 1 aliphatic carbocycles. The van der Waals surface area contributed by atoms with Gasteiger partial charge in [0.15, 0.2) is 0 Å². The fraction of sp³-hybridized carbons (Fsp3) is 0.682. The predicted octanol–water partition coefficient (Wildman–Crippen LogP) is 4.75. The van der Waals surface area contributed by atoms with E-state index in [1.165, 1.54) is 0 Å². The summed E-state index contributed by atoms with van der Waals surface area (Å²) in [5.41, 5.74) is -1.10. The lowest BCUT2D eigenvalue weighted by Gasteiger charge is -2.36. The third-order valence-corrected chi connectivity index (χ3v) is 6.55. The predicted molar refractivity (Wildman–Crippen MR) is 110 cm³/mol. The van der Waals surface area contributed by atoms with E-state index in [4.69, 9.17) is 14.2 Å². The standard InChI is InChI=1S/C22H32O6S/c1-4-21(2,3)20(25)27-15-14-26-18(23)10-11-19(24)28-22(12-6-5-7-13-22)17-9-8-16-29-17/h8-9,16H,4-7,10-15H2,1-3H3. The van der Waals surface area contributed by atoms with E-state index >= 15 is 0 Å². The van der Waals surface area contributed by atoms with Crippen molar-refractivity contribution in [2.24, 2.45) is 5.41 Å². The molecule has 0 radical (unpaired) electrons. The van der Waals surface area contributed by atoms with Gasteiger partial charge >= 0.3 is 17.9 Å². The lowest BCUT2D eigenvalue weighted by Crippen LogP contribution is -2.34. The van der Waals surface area contributed by atoms with E-state index in [9.17, 15) is 14.4 Å². The summed E-state index contributed by atoms with van der Waals surface area (Å²) in [6.45, 7) is 5.53. The number of hydrogen-bond acceptors (Lipinski definition) is 7. The van der Waals surface area contributed by atoms with Gasteiger partial charge in [-0.1, -0.05) is 19.4 Å². The van der Waals surface area contributed by atoms with Crippen LogP contribution in [0.4, 0.5) is 0 Å². The lowest BCUT2D eigenvalue weighted by molar-refractivity contribution is -0.167. The molecule has 1 heterocycles. The first-order valence-electron chi connectivity index (χ1n) is 10.4. The highest BCUT2D eigenvalue weighted by molar-refractivity contribution is 7.10. The molecule has 0 spiro atoms. The summed E-state index contributed by atoms with van der Waals surface area (Å²) in [6, 6.07) is 3.98. The molecule has 1 aromatic rings. The molecule has 0 saturated heterocycles. The van der Waals surface area contributed by atoms with Crippen LogP contribution in [0.1, 0.15) is 77.0 Å². The van der Waals surface area contributed by atoms with E-state index in [-0.39, 0.29) is 38.0 Å². The van der Waals surface area contributed by atoms with Gasteiger partial charge in [0.05, 0.1) is 18.3 Å². The van der Waals surface area contributed by atoms with E-state index in [0.29, 0.717) is 6.42 Å². The number of thiophene rings is 1. The van der Waals surface area contributed by atoms with Crippen molar-refractivity contribution >= 4 is 29.2 Å². The van der Waals surface area contributed by atoms with Crippen LogP contribution >= 0.6 is 11.3 Å². The maximum Gasteiger partial charge on any atom is 0.311 e. The molecule has 162 valence electrons. The zero-order valence-corrected chi connectivity index (χ0v) is 18.5. The van der Waals surface area contributed by atoms with Crippen molar-refractivity contribution in [1.82, 2.24) is 0 Å². The van der Waals surface area contributed by atoms with Gasteiger partial charge in [-0.25, -0.2) is 0 Å². The topological polar surface area (TPSA) is 78.9 Å². The average molecular weight is 425 g/mol. The van der Waals surface area contributed by atoms with Gasteiger partial charge in [-0.05, 0) is 57.4 Å². The van der Waals surface area contributed by atoms with Crippen LogP contribution < -0.4 is 0 Å². The Morgan fingerprint density at radius 2 is 1.69 bits per heavy atom. The zero-order valence-electron chi connectivity index (χ0n) is 17.7. The number of carbonyl (C=O) groups is 3. The Bertz CT molecular complexity index is 673. The average Bonchev–Trinajstić information content (AvgIpc) is 3.26. The zero-order chi connectivity index (χ0) is 21.3. The normalized spacial score (nSPS) is 16.1. The Kier molecular flexibility index (Phi) is 8.68. The van der Waals surface area contributed by atoms with Gasteiger partial charge in [0.2, 0.25) is 0 Å². The van der Waals surface area contributed by atoms with Crippen LogP contribution in [0.3, 0.4) is 0 Å². The van der Waals surface area contributed by atoms with Crippen molar-refractivity contribution in [3.63, 3.8) is 0 Å². The SMILES string of the molecule is CCC(C)(C)C(=O)OCCOC(=O)CCC(=O)OC1(c2cccs2)CCCCC1. The molecule has 0 N–H and O–H groups in total. The van der Waals surface area contributed by atoms with Gasteiger partial charge in [-0.15, -0.1) is 11.3 Å². The van der Waals surface area contributed by atoms with Gasteiger partial charge in [0.25, 0.3) is 0 Å². The number of esters is 3. The number of rotatable bonds is 10. The number of hydrogen-bond donors (Lipinski definition) is 0. The monoisotopic (exact) mass is 424 g/mol. The molecule has 0 aromatic carbocycles. The van der Waals surface area contributed by atoms with Crippen molar-refractivity contribution in [1.29, 1.82) is 0 Å². The van der Waals surface area contributed by atoms with E-state index in [2.05, 4.69) is 0 Å². The highest BCUT2D eigenvalue weighted by Crippen LogP contribution is 2.42. The molecule has 2 rings (SSSR count). The molecule has 0 bridgehead atoms. The summed E-state index contributed by atoms with van der Waals surface area (Å²) in [7, 11) is 0. The Morgan fingerprint density at radius 3 is 2.31 bits per heavy atom. The minimum Gasteiger partial charge on any atom is -0.462 e. The summed E-state index contributed by atoms with van der Waals surface area (Å²) >= 11 is 1.60. The second-order valence-electron chi connectivity index (χ2n) is 8.10. The van der Waals surface area contributed by atoms with Crippen molar-refractivity contribution < 1.29 is 28.6 Å². The largest absolute Gasteiger partial charge is 0.462 e. The summed E-state index contributed by atoms with van der Waals surface area (Å²) in [5.74, 6) is -1.19. The molecule has 0 amide bonds. The van der Waals surface area contributed by atoms with Crippen molar-refractivity contribution in [2.45, 2.75) is 77.7 Å². The summed E-state index contributed by atoms with van der Waals surface area (Å²) in [5, 5.41) is 1.99. The van der Waals surface area contributed by atoms with Crippen LogP contribution in [0, 0.1) is 5.41 Å². The molecule has 1 saturated carbocycles. The highest BCUT2D eigenvalue weighted by atomic mass is 32.1. The van der Waals surface area contributed by atoms with Crippen LogP contribution in [0.15, 0.2) is 17.5 Å². The van der Waals surface area contributed by atoms with Crippen molar-refractivity contribution in [2.75, 3.05) is 13.2 Å². The first-order chi connectivity index (χ1) is 13.8. The second kappa shape index (κ2) is 10.8. The molecule has 0 unspecified atom stereocenters. The maximum absolute atomic E-state index is 12.4. The third-order valence-electron chi connectivity index (χ3n) is 5.49. The van der Waals surface area contributed by atoms with E-state index in [0.717, 1.165) is 37.0 Å². The molecule has 0 aliphatic heterocycles. The highest BCUT2D eigenvalue weighted by Gasteiger charge is 2.38. The van der Waals surface area contributed by atoms with Crippen LogP contribution in [0.5, 0.6) is 0 Å². The fourth-order valence-electron chi connectivity index (χ4n) is 3.23. The van der Waals surface area contributed by atoms with E-state index in [1.807, 2.05) is 38.3 Å². The molecule has 6 nitrogen and oxygen atoms in total. The van der Waals surface area contributed by atoms with Crippen molar-refractivity contribution in [3.05, 3.63) is 22.4 Å². The van der Waals surface area contributed by atoms with Crippen LogP contribution in [-0.4, -0.2) is 31.1 Å². The summed E-state index contributed by atoms with van der Waals surface area (Å²) < 4.78 is 16.1. The van der Waals surface area contributed by atoms with Gasteiger partial charge in [0.1, 0.15) is 18.8 Å². The first-order valence-corrected chi connectivity index (χ1v) is 11.3. The molecule has 1 fully saturated rings. The van der Waals surface area contributed by atoms with Gasteiger partial charge in [0, 0.05) is 4.88 Å². The molecule has 29 heavy (non-hydrogen) atoms. The number of ether oxygens (including phenoxy) is 3. The Labute approximate surface area is 176 Å². The van der Waals surface area contributed by atoms with Gasteiger partial charge in [-0.3, -0.25) is 14.4 Å². The minimum atomic E-state index is -0.550. The molecule has 7 heteroatoms. The fourth-order valence-corrected chi connectivity index (χ4v) is 4.16. The third kappa shape index (κ3) is 6.84. The first kappa shape index (κ1) is 23.4. The molecule has 0 atom stereocenters. The van der Waals surface area contributed by atoms with Crippen LogP contribution in [-0.2, 0) is 34.2 Å². The summed E-state index contributed by atoms with van der Waals surface area (Å²) in [6.07, 6.45) is 5.45. The lowest BCUT2D eigenvalue weighted by atomic mass is 9.83. The second-order valence-corrected chi connectivity index (χ2v) is 9.05. The van der Waals surface area contributed by atoms with Crippen LogP contribution in [0.2, 0.25) is 0 Å². The van der Waals surface area contributed by atoms with Gasteiger partial charge in [-0.2, -0.15) is 0 Å². The maximum atomic E-state index is 12.4. The smallest absolute Gasteiger partial charge is 0.311 e. The Balaban J connectivity index is 1.71. The van der Waals surface area contributed by atoms with Gasteiger partial charge < -0.3 is 14.2 Å². The number of carbonyl (C=O) groups excluding carboxylic acids is 3. The van der Waals surface area contributed by atoms with E-state index in [1.54, 1.807) is 11.3 Å². The Hall–Kier alpha value is -1.89. The Morgan fingerprint density at radius 1 is 1.03 bits per heavy atom. The quantitative estimate of drug-likeness (QED) is 0.306. The summed E-state index contributed by atoms with van der Waals surface area (Å²) in [4.78, 5) is 37.2. The van der Waals surface area contributed by atoms with Crippen molar-refractivity contribution in [3.8, 4) is 0 Å². The molecular weight excluding hydrogens is 392 g/mol. The minimum absolute atomic E-state index is 0.0138. The van der Waals surface area contributed by atoms with E-state index < -0.39 is 17.0 Å². The van der Waals surface area contributed by atoms with Crippen LogP contribution in [0.25, 0.3) is 0 Å². The molecular formula is C22H32O6S. The molecule has 1 aromatic heterocycles.